The number of anilines is 1. The lowest BCUT2D eigenvalue weighted by atomic mass is 10.2. The standard InChI is InChI=1S/C11H14ClF3N2/c1-3-17(7-11(13,14)15)10-4-8(2)16-6-9(10)5-12/h4,6H,3,5,7H2,1-2H3. The van der Waals surface area contributed by atoms with Crippen LogP contribution in [0.5, 0.6) is 0 Å². The molecule has 17 heavy (non-hydrogen) atoms. The Morgan fingerprint density at radius 3 is 2.53 bits per heavy atom. The summed E-state index contributed by atoms with van der Waals surface area (Å²) in [5.41, 5.74) is 1.80. The van der Waals surface area contributed by atoms with Crippen LogP contribution < -0.4 is 4.90 Å². The van der Waals surface area contributed by atoms with E-state index in [4.69, 9.17) is 11.6 Å². The highest BCUT2D eigenvalue weighted by molar-refractivity contribution is 6.17. The molecule has 0 atom stereocenters. The molecule has 1 rings (SSSR count). The van der Waals surface area contributed by atoms with E-state index in [-0.39, 0.29) is 12.4 Å². The second-order valence-electron chi connectivity index (χ2n) is 3.72. The van der Waals surface area contributed by atoms with Crippen LogP contribution in [0.4, 0.5) is 18.9 Å². The second kappa shape index (κ2) is 5.58. The molecule has 0 saturated heterocycles. The molecule has 0 aliphatic rings. The summed E-state index contributed by atoms with van der Waals surface area (Å²) in [6, 6.07) is 1.63. The normalized spacial score (nSPS) is 11.6. The zero-order chi connectivity index (χ0) is 13.1. The van der Waals surface area contributed by atoms with Gasteiger partial charge in [-0.1, -0.05) is 0 Å². The Morgan fingerprint density at radius 2 is 2.06 bits per heavy atom. The molecule has 0 radical (unpaired) electrons. The fraction of sp³-hybridized carbons (Fsp3) is 0.545. The van der Waals surface area contributed by atoms with E-state index in [1.807, 2.05) is 0 Å². The van der Waals surface area contributed by atoms with Crippen LogP contribution in [0.2, 0.25) is 0 Å². The van der Waals surface area contributed by atoms with Crippen LogP contribution in [0.3, 0.4) is 0 Å². The SMILES string of the molecule is CCN(CC(F)(F)F)c1cc(C)ncc1CCl. The average molecular weight is 267 g/mol. The molecule has 0 amide bonds. The summed E-state index contributed by atoms with van der Waals surface area (Å²) in [5, 5.41) is 0. The Balaban J connectivity index is 3.06. The molecular formula is C11H14ClF3N2. The number of aryl methyl sites for hydroxylation is 1. The molecule has 0 aliphatic carbocycles. The number of halogens is 4. The molecule has 0 N–H and O–H groups in total. The summed E-state index contributed by atoms with van der Waals surface area (Å²) in [5.74, 6) is 0.150. The van der Waals surface area contributed by atoms with E-state index in [0.717, 1.165) is 0 Å². The average Bonchev–Trinajstić information content (AvgIpc) is 2.24. The second-order valence-corrected chi connectivity index (χ2v) is 3.98. The number of nitrogens with zero attached hydrogens (tertiary/aromatic N) is 2. The highest BCUT2D eigenvalue weighted by Crippen LogP contribution is 2.26. The van der Waals surface area contributed by atoms with Crippen LogP contribution in [0.15, 0.2) is 12.3 Å². The van der Waals surface area contributed by atoms with Gasteiger partial charge in [-0.3, -0.25) is 4.98 Å². The first-order chi connectivity index (χ1) is 7.87. The molecule has 96 valence electrons. The summed E-state index contributed by atoms with van der Waals surface area (Å²) in [6.07, 6.45) is -2.70. The Bertz CT molecular complexity index is 379. The third-order valence-electron chi connectivity index (χ3n) is 2.34. The van der Waals surface area contributed by atoms with Crippen LogP contribution >= 0.6 is 11.6 Å². The largest absolute Gasteiger partial charge is 0.405 e. The fourth-order valence-electron chi connectivity index (χ4n) is 1.55. The molecule has 1 aromatic rings. The lowest BCUT2D eigenvalue weighted by molar-refractivity contribution is -0.119. The van der Waals surface area contributed by atoms with Crippen molar-refractivity contribution in [2.24, 2.45) is 0 Å². The number of alkyl halides is 4. The van der Waals surface area contributed by atoms with Crippen molar-refractivity contribution in [3.8, 4) is 0 Å². The van der Waals surface area contributed by atoms with Crippen LogP contribution in [0, 0.1) is 6.92 Å². The van der Waals surface area contributed by atoms with Crippen molar-refractivity contribution >= 4 is 17.3 Å². The van der Waals surface area contributed by atoms with Crippen molar-refractivity contribution in [3.63, 3.8) is 0 Å². The van der Waals surface area contributed by atoms with Gasteiger partial charge in [0.2, 0.25) is 0 Å². The molecule has 0 aromatic carbocycles. The highest BCUT2D eigenvalue weighted by Gasteiger charge is 2.31. The minimum atomic E-state index is -4.23. The van der Waals surface area contributed by atoms with Gasteiger partial charge in [0.1, 0.15) is 6.54 Å². The third-order valence-corrected chi connectivity index (χ3v) is 2.62. The fourth-order valence-corrected chi connectivity index (χ4v) is 1.76. The van der Waals surface area contributed by atoms with E-state index in [9.17, 15) is 13.2 Å². The van der Waals surface area contributed by atoms with Gasteiger partial charge in [-0.05, 0) is 19.9 Å². The van der Waals surface area contributed by atoms with Crippen molar-refractivity contribution < 1.29 is 13.2 Å². The van der Waals surface area contributed by atoms with Crippen molar-refractivity contribution in [2.45, 2.75) is 25.9 Å². The van der Waals surface area contributed by atoms with Crippen LogP contribution in [-0.4, -0.2) is 24.2 Å². The van der Waals surface area contributed by atoms with E-state index >= 15 is 0 Å². The zero-order valence-electron chi connectivity index (χ0n) is 9.68. The van der Waals surface area contributed by atoms with Crippen molar-refractivity contribution in [2.75, 3.05) is 18.0 Å². The quantitative estimate of drug-likeness (QED) is 0.775. The Labute approximate surface area is 103 Å². The van der Waals surface area contributed by atoms with Gasteiger partial charge >= 0.3 is 6.18 Å². The predicted octanol–water partition coefficient (Wildman–Crippen LogP) is 3.52. The van der Waals surface area contributed by atoms with Gasteiger partial charge in [0.05, 0.1) is 5.88 Å². The maximum Gasteiger partial charge on any atom is 0.405 e. The third kappa shape index (κ3) is 4.07. The first-order valence-corrected chi connectivity index (χ1v) is 5.74. The summed E-state index contributed by atoms with van der Waals surface area (Å²) in [6.45, 7) is 2.71. The molecule has 2 nitrogen and oxygen atoms in total. The number of hydrogen-bond donors (Lipinski definition) is 0. The van der Waals surface area contributed by atoms with Gasteiger partial charge in [-0.25, -0.2) is 0 Å². The number of aromatic nitrogens is 1. The molecule has 0 fully saturated rings. The monoisotopic (exact) mass is 266 g/mol. The highest BCUT2D eigenvalue weighted by atomic mass is 35.5. The van der Waals surface area contributed by atoms with E-state index < -0.39 is 12.7 Å². The topological polar surface area (TPSA) is 16.1 Å². The Kier molecular flexibility index (Phi) is 4.62. The minimum Gasteiger partial charge on any atom is -0.363 e. The lowest BCUT2D eigenvalue weighted by Gasteiger charge is -2.26. The number of hydrogen-bond acceptors (Lipinski definition) is 2. The first kappa shape index (κ1) is 14.1. The van der Waals surface area contributed by atoms with Gasteiger partial charge in [-0.2, -0.15) is 13.2 Å². The van der Waals surface area contributed by atoms with Crippen molar-refractivity contribution in [1.82, 2.24) is 4.98 Å². The van der Waals surface area contributed by atoms with E-state index in [1.165, 1.54) is 11.1 Å². The molecular weight excluding hydrogens is 253 g/mol. The molecule has 0 saturated carbocycles. The van der Waals surface area contributed by atoms with Crippen LogP contribution in [0.1, 0.15) is 18.2 Å². The first-order valence-electron chi connectivity index (χ1n) is 5.20. The van der Waals surface area contributed by atoms with Gasteiger partial charge < -0.3 is 4.90 Å². The molecule has 0 bridgehead atoms. The summed E-state index contributed by atoms with van der Waals surface area (Å²) in [4.78, 5) is 5.29. The number of pyridine rings is 1. The maximum absolute atomic E-state index is 12.4. The molecule has 1 aromatic heterocycles. The van der Waals surface area contributed by atoms with Gasteiger partial charge in [0.15, 0.2) is 0 Å². The van der Waals surface area contributed by atoms with Gasteiger partial charge in [0.25, 0.3) is 0 Å². The summed E-state index contributed by atoms with van der Waals surface area (Å²) in [7, 11) is 0. The minimum absolute atomic E-state index is 0.150. The Hall–Kier alpha value is -0.970. The summed E-state index contributed by atoms with van der Waals surface area (Å²) >= 11 is 5.71. The smallest absolute Gasteiger partial charge is 0.363 e. The zero-order valence-corrected chi connectivity index (χ0v) is 10.4. The molecule has 6 heteroatoms. The molecule has 0 unspecified atom stereocenters. The lowest BCUT2D eigenvalue weighted by Crippen LogP contribution is -2.34. The molecule has 0 aliphatic heterocycles. The number of rotatable bonds is 4. The van der Waals surface area contributed by atoms with Gasteiger partial charge in [0, 0.05) is 29.7 Å². The van der Waals surface area contributed by atoms with Crippen molar-refractivity contribution in [3.05, 3.63) is 23.5 Å². The molecule has 1 heterocycles. The molecule has 0 spiro atoms. The van der Waals surface area contributed by atoms with Crippen LogP contribution in [0.25, 0.3) is 0 Å². The van der Waals surface area contributed by atoms with E-state index in [2.05, 4.69) is 4.98 Å². The predicted molar refractivity (Wildman–Crippen MR) is 62.5 cm³/mol. The summed E-state index contributed by atoms with van der Waals surface area (Å²) < 4.78 is 37.3. The van der Waals surface area contributed by atoms with Gasteiger partial charge in [-0.15, -0.1) is 11.6 Å². The maximum atomic E-state index is 12.4. The van der Waals surface area contributed by atoms with E-state index in [0.29, 0.717) is 16.9 Å². The van der Waals surface area contributed by atoms with Crippen molar-refractivity contribution in [1.29, 1.82) is 0 Å². The van der Waals surface area contributed by atoms with E-state index in [1.54, 1.807) is 19.9 Å². The Morgan fingerprint density at radius 1 is 1.41 bits per heavy atom. The van der Waals surface area contributed by atoms with Crippen LogP contribution in [-0.2, 0) is 5.88 Å².